The van der Waals surface area contributed by atoms with E-state index in [1.807, 2.05) is 0 Å². The minimum atomic E-state index is -0.793. The van der Waals surface area contributed by atoms with Gasteiger partial charge in [-0.1, -0.05) is 18.7 Å². The molecule has 1 aliphatic heterocycles. The highest BCUT2D eigenvalue weighted by Crippen LogP contribution is 2.24. The second kappa shape index (κ2) is 12.0. The Labute approximate surface area is 204 Å². The fraction of sp³-hybridized carbons (Fsp3) is 0.458. The summed E-state index contributed by atoms with van der Waals surface area (Å²) >= 11 is 0. The number of unbranched alkanes of at least 4 members (excludes halogenated alkanes) is 1. The van der Waals surface area contributed by atoms with Gasteiger partial charge in [-0.05, 0) is 59.1 Å². The van der Waals surface area contributed by atoms with Crippen LogP contribution < -0.4 is 10.6 Å². The normalized spacial score (nSPS) is 12.6. The summed E-state index contributed by atoms with van der Waals surface area (Å²) in [5.41, 5.74) is 0.165. The van der Waals surface area contributed by atoms with Crippen molar-refractivity contribution in [3.63, 3.8) is 0 Å². The number of nitrogens with one attached hydrogen (secondary N) is 2. The monoisotopic (exact) mass is 488 g/mol. The molecule has 0 bridgehead atoms. The van der Waals surface area contributed by atoms with E-state index in [9.17, 15) is 24.0 Å². The van der Waals surface area contributed by atoms with Crippen molar-refractivity contribution >= 4 is 29.9 Å². The lowest BCUT2D eigenvalue weighted by molar-refractivity contribution is -0.141. The van der Waals surface area contributed by atoms with Crippen molar-refractivity contribution in [2.45, 2.75) is 52.6 Å². The second-order valence-corrected chi connectivity index (χ2v) is 8.74. The van der Waals surface area contributed by atoms with Crippen LogP contribution in [0.5, 0.6) is 0 Å². The number of carbonyl (C=O) groups excluding carboxylic acids is 5. The number of imide groups is 1. The smallest absolute Gasteiger partial charge is 0.411 e. The van der Waals surface area contributed by atoms with Crippen LogP contribution in [0.4, 0.5) is 9.59 Å². The van der Waals surface area contributed by atoms with Crippen molar-refractivity contribution in [3.8, 4) is 0 Å². The summed E-state index contributed by atoms with van der Waals surface area (Å²) in [6, 6.07) is 5.48. The van der Waals surface area contributed by atoms with Gasteiger partial charge in [-0.2, -0.15) is 5.01 Å². The average Bonchev–Trinajstić information content (AvgIpc) is 3.01. The van der Waals surface area contributed by atoms with E-state index in [-0.39, 0.29) is 24.3 Å². The van der Waals surface area contributed by atoms with Gasteiger partial charge in [0.25, 0.3) is 11.8 Å². The minimum absolute atomic E-state index is 0.000154. The number of hydrazine groups is 1. The third-order valence-electron chi connectivity index (χ3n) is 4.71. The predicted molar refractivity (Wildman–Crippen MR) is 126 cm³/mol. The van der Waals surface area contributed by atoms with Crippen molar-refractivity contribution in [2.75, 3.05) is 19.7 Å². The lowest BCUT2D eigenvalue weighted by atomic mass is 10.1. The molecule has 1 heterocycles. The molecule has 5 amide bonds. The quantitative estimate of drug-likeness (QED) is 0.294. The molecule has 0 atom stereocenters. The van der Waals surface area contributed by atoms with E-state index >= 15 is 0 Å². The van der Waals surface area contributed by atoms with E-state index in [1.165, 1.54) is 12.1 Å². The Morgan fingerprint density at radius 1 is 1.06 bits per heavy atom. The zero-order chi connectivity index (χ0) is 26.2. The van der Waals surface area contributed by atoms with Crippen molar-refractivity contribution in [2.24, 2.45) is 0 Å². The number of urea groups is 1. The van der Waals surface area contributed by atoms with Crippen LogP contribution in [0, 0.1) is 0 Å². The van der Waals surface area contributed by atoms with Crippen molar-refractivity contribution < 1.29 is 33.4 Å². The number of fused-ring (bicyclic) bond motifs is 1. The Kier molecular flexibility index (Phi) is 9.38. The first-order valence-corrected chi connectivity index (χ1v) is 11.3. The summed E-state index contributed by atoms with van der Waals surface area (Å²) < 4.78 is 9.98. The first-order chi connectivity index (χ1) is 16.4. The van der Waals surface area contributed by atoms with Gasteiger partial charge in [0, 0.05) is 12.2 Å². The highest BCUT2D eigenvalue weighted by atomic mass is 16.6. The summed E-state index contributed by atoms with van der Waals surface area (Å²) in [5, 5.41) is 6.70. The Balaban J connectivity index is 2.02. The fourth-order valence-electron chi connectivity index (χ4n) is 3.25. The maximum atomic E-state index is 12.9. The molecule has 11 nitrogen and oxygen atoms in total. The molecule has 0 unspecified atom stereocenters. The number of hydrogen-bond acceptors (Lipinski definition) is 7. The van der Waals surface area contributed by atoms with Crippen LogP contribution in [0.3, 0.4) is 0 Å². The van der Waals surface area contributed by atoms with Crippen molar-refractivity contribution in [1.82, 2.24) is 20.7 Å². The second-order valence-electron chi connectivity index (χ2n) is 8.74. The van der Waals surface area contributed by atoms with Gasteiger partial charge in [-0.15, -0.1) is 0 Å². The van der Waals surface area contributed by atoms with Crippen LogP contribution in [-0.2, 0) is 14.3 Å². The zero-order valence-electron chi connectivity index (χ0n) is 20.5. The van der Waals surface area contributed by atoms with Crippen molar-refractivity contribution in [3.05, 3.63) is 47.7 Å². The van der Waals surface area contributed by atoms with E-state index in [0.29, 0.717) is 25.0 Å². The molecule has 11 heteroatoms. The standard InChI is InChI=1S/C24H32N4O7/c1-6-34-19(29)15-25-22(32)27(28-20(30)17-12-7-8-13-18(17)21(28)31)14-10-9-11-16(2)26-23(33)35-24(3,4)5/h7-8,12-13H,2,6,9-11,14-15H2,1,3-5H3,(H,25,32)(H,26,33). The van der Waals surface area contributed by atoms with Crippen LogP contribution in [-0.4, -0.2) is 65.2 Å². The van der Waals surface area contributed by atoms with E-state index in [1.54, 1.807) is 39.8 Å². The molecular weight excluding hydrogens is 456 g/mol. The number of nitrogens with zero attached hydrogens (tertiary/aromatic N) is 2. The number of esters is 1. The number of ether oxygens (including phenoxy) is 2. The Morgan fingerprint density at radius 2 is 1.66 bits per heavy atom. The molecule has 1 aromatic carbocycles. The van der Waals surface area contributed by atoms with Gasteiger partial charge >= 0.3 is 18.1 Å². The SMILES string of the molecule is C=C(CCCCN(C(=O)NCC(=O)OCC)N1C(=O)c2ccccc2C1=O)NC(=O)OC(C)(C)C. The number of rotatable bonds is 10. The summed E-state index contributed by atoms with van der Waals surface area (Å²) in [5.74, 6) is -1.91. The summed E-state index contributed by atoms with van der Waals surface area (Å²) in [6.45, 7) is 10.4. The molecule has 0 saturated heterocycles. The predicted octanol–water partition coefficient (Wildman–Crippen LogP) is 2.98. The maximum absolute atomic E-state index is 12.9. The summed E-state index contributed by atoms with van der Waals surface area (Å²) in [7, 11) is 0. The van der Waals surface area contributed by atoms with Gasteiger partial charge in [0.1, 0.15) is 12.1 Å². The minimum Gasteiger partial charge on any atom is -0.465 e. The zero-order valence-corrected chi connectivity index (χ0v) is 20.5. The number of hydrogen-bond donors (Lipinski definition) is 2. The van der Waals surface area contributed by atoms with Gasteiger partial charge in [-0.3, -0.25) is 19.7 Å². The van der Waals surface area contributed by atoms with Gasteiger partial charge in [-0.25, -0.2) is 14.6 Å². The number of allylic oxidation sites excluding steroid dienone is 1. The molecule has 0 aromatic heterocycles. The first-order valence-electron chi connectivity index (χ1n) is 11.3. The molecule has 0 fully saturated rings. The van der Waals surface area contributed by atoms with Crippen LogP contribution in [0.25, 0.3) is 0 Å². The Hall–Kier alpha value is -3.89. The first kappa shape index (κ1) is 27.4. The Morgan fingerprint density at radius 3 is 2.20 bits per heavy atom. The number of alkyl carbamates (subject to hydrolysis) is 1. The maximum Gasteiger partial charge on any atom is 0.411 e. The van der Waals surface area contributed by atoms with Crippen LogP contribution in [0.1, 0.15) is 67.7 Å². The number of amides is 5. The van der Waals surface area contributed by atoms with Crippen LogP contribution in [0.2, 0.25) is 0 Å². The highest BCUT2D eigenvalue weighted by Gasteiger charge is 2.41. The summed E-state index contributed by atoms with van der Waals surface area (Å²) in [6.07, 6.45) is 0.627. The third-order valence-corrected chi connectivity index (χ3v) is 4.71. The van der Waals surface area contributed by atoms with Gasteiger partial charge in [0.15, 0.2) is 0 Å². The van der Waals surface area contributed by atoms with Gasteiger partial charge in [0.05, 0.1) is 17.7 Å². The molecule has 35 heavy (non-hydrogen) atoms. The van der Waals surface area contributed by atoms with E-state index in [0.717, 1.165) is 10.0 Å². The molecule has 1 aromatic rings. The van der Waals surface area contributed by atoms with Crippen LogP contribution in [0.15, 0.2) is 36.5 Å². The van der Waals surface area contributed by atoms with Gasteiger partial charge < -0.3 is 14.8 Å². The molecule has 0 radical (unpaired) electrons. The molecule has 190 valence electrons. The molecule has 0 spiro atoms. The van der Waals surface area contributed by atoms with E-state index in [2.05, 4.69) is 17.2 Å². The fourth-order valence-corrected chi connectivity index (χ4v) is 3.25. The average molecular weight is 489 g/mol. The molecule has 2 N–H and O–H groups in total. The molecule has 1 aliphatic rings. The molecule has 0 aliphatic carbocycles. The lowest BCUT2D eigenvalue weighted by Crippen LogP contribution is -2.54. The highest BCUT2D eigenvalue weighted by molar-refractivity contribution is 6.21. The topological polar surface area (TPSA) is 134 Å². The van der Waals surface area contributed by atoms with Crippen molar-refractivity contribution in [1.29, 1.82) is 0 Å². The summed E-state index contributed by atoms with van der Waals surface area (Å²) in [4.78, 5) is 62.1. The molecule has 0 saturated carbocycles. The number of carbonyl (C=O) groups is 5. The largest absolute Gasteiger partial charge is 0.465 e. The van der Waals surface area contributed by atoms with Crippen LogP contribution >= 0.6 is 0 Å². The third kappa shape index (κ3) is 7.83. The Bertz CT molecular complexity index is 965. The molecular formula is C24H32N4O7. The van der Waals surface area contributed by atoms with Gasteiger partial charge in [0.2, 0.25) is 0 Å². The molecule has 2 rings (SSSR count). The lowest BCUT2D eigenvalue weighted by Gasteiger charge is -2.30. The van der Waals surface area contributed by atoms with E-state index in [4.69, 9.17) is 9.47 Å². The number of benzene rings is 1. The van der Waals surface area contributed by atoms with E-state index < -0.39 is 42.1 Å².